The van der Waals surface area contributed by atoms with Crippen molar-refractivity contribution in [3.8, 4) is 23.3 Å². The molecule has 12 heteroatoms. The largest absolute Gasteiger partial charge is 0.493 e. The number of methoxy groups -OCH3 is 1. The summed E-state index contributed by atoms with van der Waals surface area (Å²) in [4.78, 5) is 10.3. The molecule has 3 aromatic rings. The number of nitro benzene ring substituents is 1. The lowest BCUT2D eigenvalue weighted by molar-refractivity contribution is -0.384. The van der Waals surface area contributed by atoms with E-state index in [1.54, 1.807) is 18.2 Å². The Morgan fingerprint density at radius 2 is 2.11 bits per heavy atom. The van der Waals surface area contributed by atoms with E-state index >= 15 is 0 Å². The Kier molecular flexibility index (Phi) is 5.37. The third-order valence-electron chi connectivity index (χ3n) is 3.43. The summed E-state index contributed by atoms with van der Waals surface area (Å²) in [5.41, 5.74) is 3.11. The minimum atomic E-state index is -0.581. The number of nitrogens with one attached hydrogen (secondary N) is 2. The number of rotatable bonds is 7. The first-order valence-electron chi connectivity index (χ1n) is 7.67. The van der Waals surface area contributed by atoms with Gasteiger partial charge in [-0.1, -0.05) is 5.10 Å². The van der Waals surface area contributed by atoms with Gasteiger partial charge in [0, 0.05) is 12.1 Å². The molecule has 0 atom stereocenters. The molecule has 12 nitrogen and oxygen atoms in total. The van der Waals surface area contributed by atoms with Crippen LogP contribution in [0.3, 0.4) is 0 Å². The minimum absolute atomic E-state index is 0.0335. The number of nitriles is 1. The predicted octanol–water partition coefficient (Wildman–Crippen LogP) is 2.23. The number of aromatic nitrogens is 4. The molecule has 0 saturated carbocycles. The molecule has 140 valence electrons. The van der Waals surface area contributed by atoms with E-state index in [4.69, 9.17) is 9.47 Å². The van der Waals surface area contributed by atoms with Crippen LogP contribution in [0.4, 0.5) is 11.6 Å². The number of ether oxygens (including phenoxy) is 2. The van der Waals surface area contributed by atoms with Crippen molar-refractivity contribution in [2.24, 2.45) is 5.10 Å². The highest BCUT2D eigenvalue weighted by Gasteiger charge is 2.14. The van der Waals surface area contributed by atoms with Crippen molar-refractivity contribution in [1.82, 2.24) is 20.6 Å². The Labute approximate surface area is 157 Å². The van der Waals surface area contributed by atoms with Crippen molar-refractivity contribution in [1.29, 1.82) is 5.26 Å². The van der Waals surface area contributed by atoms with Gasteiger partial charge in [0.2, 0.25) is 0 Å². The van der Waals surface area contributed by atoms with Crippen LogP contribution in [0.25, 0.3) is 0 Å². The molecule has 0 aliphatic carbocycles. The molecule has 0 aliphatic rings. The van der Waals surface area contributed by atoms with Crippen LogP contribution in [0.1, 0.15) is 11.1 Å². The summed E-state index contributed by atoms with van der Waals surface area (Å²) in [6.07, 6.45) is 1.51. The van der Waals surface area contributed by atoms with Crippen LogP contribution in [0, 0.1) is 21.4 Å². The number of benzene rings is 2. The molecule has 0 bridgehead atoms. The van der Waals surface area contributed by atoms with Gasteiger partial charge in [-0.25, -0.2) is 5.43 Å². The number of nitro groups is 1. The number of aromatic amines is 1. The van der Waals surface area contributed by atoms with Gasteiger partial charge in [0.25, 0.3) is 11.6 Å². The SMILES string of the molecule is COc1cc(C=NNc2nn[nH]n2)ccc1Oc1ccc([N+](=O)[O-])cc1C#N. The van der Waals surface area contributed by atoms with Crippen molar-refractivity contribution < 1.29 is 14.4 Å². The second-order valence-corrected chi connectivity index (χ2v) is 5.17. The Bertz CT molecular complexity index is 1060. The van der Waals surface area contributed by atoms with E-state index in [0.29, 0.717) is 17.1 Å². The van der Waals surface area contributed by atoms with Gasteiger partial charge in [-0.05, 0) is 35.0 Å². The van der Waals surface area contributed by atoms with E-state index in [0.717, 1.165) is 6.07 Å². The average Bonchev–Trinajstić information content (AvgIpc) is 3.22. The summed E-state index contributed by atoms with van der Waals surface area (Å²) < 4.78 is 11.0. The van der Waals surface area contributed by atoms with Gasteiger partial charge in [-0.15, -0.1) is 5.10 Å². The van der Waals surface area contributed by atoms with Crippen molar-refractivity contribution in [3.63, 3.8) is 0 Å². The number of hydrogen-bond donors (Lipinski definition) is 2. The Hall–Kier alpha value is -4.53. The quantitative estimate of drug-likeness (QED) is 0.355. The number of hydrazone groups is 1. The Balaban J connectivity index is 1.80. The molecule has 0 spiro atoms. The number of H-pyrrole nitrogens is 1. The highest BCUT2D eigenvalue weighted by molar-refractivity contribution is 5.81. The maximum Gasteiger partial charge on any atom is 0.283 e. The number of non-ortho nitro benzene ring substituents is 1. The third-order valence-corrected chi connectivity index (χ3v) is 3.43. The number of tetrazole rings is 1. The molecule has 0 saturated heterocycles. The van der Waals surface area contributed by atoms with Gasteiger partial charge in [-0.2, -0.15) is 15.6 Å². The zero-order chi connectivity index (χ0) is 19.9. The van der Waals surface area contributed by atoms with Crippen LogP contribution in [0.15, 0.2) is 41.5 Å². The summed E-state index contributed by atoms with van der Waals surface area (Å²) in [6.45, 7) is 0. The summed E-state index contributed by atoms with van der Waals surface area (Å²) in [5.74, 6) is 1.10. The second kappa shape index (κ2) is 8.23. The van der Waals surface area contributed by atoms with Gasteiger partial charge in [0.15, 0.2) is 11.5 Å². The lowest BCUT2D eigenvalue weighted by atomic mass is 10.2. The molecule has 1 aromatic heterocycles. The molecule has 0 aliphatic heterocycles. The van der Waals surface area contributed by atoms with Crippen LogP contribution >= 0.6 is 0 Å². The first-order valence-corrected chi connectivity index (χ1v) is 7.67. The molecule has 0 fully saturated rings. The standard InChI is InChI=1S/C16H12N8O4/c1-27-15-6-10(9-18-19-16-20-22-23-21-16)2-4-14(15)28-13-5-3-12(24(25)26)7-11(13)8-17/h2-7,9H,1H3,(H2,19,20,21,22,23). The number of anilines is 1. The maximum atomic E-state index is 10.8. The maximum absolute atomic E-state index is 10.8. The lowest BCUT2D eigenvalue weighted by Crippen LogP contribution is -1.96. The van der Waals surface area contributed by atoms with Gasteiger partial charge in [0.1, 0.15) is 17.4 Å². The zero-order valence-corrected chi connectivity index (χ0v) is 14.4. The van der Waals surface area contributed by atoms with Crippen LogP contribution in [0.5, 0.6) is 17.2 Å². The normalized spacial score (nSPS) is 10.4. The molecular weight excluding hydrogens is 368 g/mol. The molecule has 0 radical (unpaired) electrons. The lowest BCUT2D eigenvalue weighted by Gasteiger charge is -2.11. The fourth-order valence-electron chi connectivity index (χ4n) is 2.15. The average molecular weight is 380 g/mol. The molecule has 0 unspecified atom stereocenters. The van der Waals surface area contributed by atoms with Crippen LogP contribution in [-0.4, -0.2) is 38.9 Å². The van der Waals surface area contributed by atoms with Gasteiger partial charge >= 0.3 is 0 Å². The van der Waals surface area contributed by atoms with Crippen molar-refractivity contribution >= 4 is 17.9 Å². The molecule has 2 N–H and O–H groups in total. The molecular formula is C16H12N8O4. The number of hydrogen-bond acceptors (Lipinski definition) is 10. The molecule has 3 rings (SSSR count). The summed E-state index contributed by atoms with van der Waals surface area (Å²) in [6, 6.07) is 10.6. The summed E-state index contributed by atoms with van der Waals surface area (Å²) in [5, 5.41) is 37.1. The molecule has 28 heavy (non-hydrogen) atoms. The fourth-order valence-corrected chi connectivity index (χ4v) is 2.15. The highest BCUT2D eigenvalue weighted by Crippen LogP contribution is 2.34. The monoisotopic (exact) mass is 380 g/mol. The van der Waals surface area contributed by atoms with E-state index < -0.39 is 4.92 Å². The Morgan fingerprint density at radius 3 is 2.79 bits per heavy atom. The topological polar surface area (TPSA) is 164 Å². The molecule has 2 aromatic carbocycles. The van der Waals surface area contributed by atoms with Gasteiger partial charge < -0.3 is 9.47 Å². The van der Waals surface area contributed by atoms with Crippen LogP contribution in [0.2, 0.25) is 0 Å². The van der Waals surface area contributed by atoms with Gasteiger partial charge in [-0.3, -0.25) is 10.1 Å². The second-order valence-electron chi connectivity index (χ2n) is 5.17. The Morgan fingerprint density at radius 1 is 1.29 bits per heavy atom. The first kappa shape index (κ1) is 18.3. The predicted molar refractivity (Wildman–Crippen MR) is 96.3 cm³/mol. The zero-order valence-electron chi connectivity index (χ0n) is 14.4. The van der Waals surface area contributed by atoms with Crippen molar-refractivity contribution in [2.45, 2.75) is 0 Å². The minimum Gasteiger partial charge on any atom is -0.493 e. The highest BCUT2D eigenvalue weighted by atomic mass is 16.6. The smallest absolute Gasteiger partial charge is 0.283 e. The van der Waals surface area contributed by atoms with Crippen molar-refractivity contribution in [3.05, 3.63) is 57.6 Å². The van der Waals surface area contributed by atoms with E-state index in [-0.39, 0.29) is 22.9 Å². The van der Waals surface area contributed by atoms with E-state index in [1.165, 1.54) is 25.5 Å². The summed E-state index contributed by atoms with van der Waals surface area (Å²) in [7, 11) is 1.46. The van der Waals surface area contributed by atoms with Crippen LogP contribution in [-0.2, 0) is 0 Å². The van der Waals surface area contributed by atoms with Crippen molar-refractivity contribution in [2.75, 3.05) is 12.5 Å². The molecule has 0 amide bonds. The third kappa shape index (κ3) is 4.17. The molecule has 1 heterocycles. The van der Waals surface area contributed by atoms with E-state index in [9.17, 15) is 15.4 Å². The number of nitrogens with zero attached hydrogens (tertiary/aromatic N) is 6. The van der Waals surface area contributed by atoms with E-state index in [1.807, 2.05) is 6.07 Å². The fraction of sp³-hybridized carbons (Fsp3) is 0.0625. The summed E-state index contributed by atoms with van der Waals surface area (Å²) >= 11 is 0. The van der Waals surface area contributed by atoms with E-state index in [2.05, 4.69) is 31.2 Å². The first-order chi connectivity index (χ1) is 13.6. The van der Waals surface area contributed by atoms with Gasteiger partial charge in [0.05, 0.1) is 18.2 Å². The van der Waals surface area contributed by atoms with Crippen LogP contribution < -0.4 is 14.9 Å².